The van der Waals surface area contributed by atoms with E-state index in [0.29, 0.717) is 31.9 Å². The van der Waals surface area contributed by atoms with E-state index < -0.39 is 12.0 Å². The quantitative estimate of drug-likeness (QED) is 0.642. The molecular formula is C14H17NO4. The molecule has 2 rings (SSSR count). The zero-order chi connectivity index (χ0) is 13.7. The molecule has 5 heteroatoms. The molecule has 1 heterocycles. The molecule has 0 radical (unpaired) electrons. The van der Waals surface area contributed by atoms with Crippen LogP contribution in [-0.4, -0.2) is 44.1 Å². The highest BCUT2D eigenvalue weighted by Gasteiger charge is 2.28. The third-order valence-electron chi connectivity index (χ3n) is 3.40. The predicted molar refractivity (Wildman–Crippen MR) is 65.7 cm³/mol. The third-order valence-corrected chi connectivity index (χ3v) is 3.40. The largest absolute Gasteiger partial charge is 0.544 e. The molecule has 0 spiro atoms. The number of morpholine rings is 1. The normalized spacial score (nSPS) is 17.9. The molecule has 0 saturated carbocycles. The molecule has 1 saturated heterocycles. The van der Waals surface area contributed by atoms with Crippen LogP contribution in [0.3, 0.4) is 0 Å². The van der Waals surface area contributed by atoms with Crippen LogP contribution in [-0.2, 0) is 9.53 Å². The number of carbonyl (C=O) groups excluding carboxylic acids is 2. The predicted octanol–water partition coefficient (Wildman–Crippen LogP) is -1.71. The number of carboxylic acid groups (broad SMARTS) is 1. The maximum Gasteiger partial charge on any atom is 0.169 e. The molecule has 0 aromatic heterocycles. The second-order valence-electron chi connectivity index (χ2n) is 4.64. The lowest BCUT2D eigenvalue weighted by Gasteiger charge is -2.31. The zero-order valence-corrected chi connectivity index (χ0v) is 10.6. The van der Waals surface area contributed by atoms with Crippen LogP contribution in [0, 0.1) is 0 Å². The molecule has 0 bridgehead atoms. The summed E-state index contributed by atoms with van der Waals surface area (Å²) in [5, 5.41) is 11.2. The summed E-state index contributed by atoms with van der Waals surface area (Å²) < 4.78 is 5.20. The summed E-state index contributed by atoms with van der Waals surface area (Å²) in [7, 11) is 0. The van der Waals surface area contributed by atoms with Crippen molar-refractivity contribution in [3.8, 4) is 0 Å². The average Bonchev–Trinajstić information content (AvgIpc) is 2.46. The summed E-state index contributed by atoms with van der Waals surface area (Å²) in [6.45, 7) is 2.25. The van der Waals surface area contributed by atoms with Crippen molar-refractivity contribution < 1.29 is 24.3 Å². The van der Waals surface area contributed by atoms with Crippen LogP contribution in [0.5, 0.6) is 0 Å². The smallest absolute Gasteiger partial charge is 0.169 e. The Bertz CT molecular complexity index is 440. The van der Waals surface area contributed by atoms with Crippen LogP contribution in [0.1, 0.15) is 16.8 Å². The number of Topliss-reactive ketones (excluding diaryl/α,β-unsaturated/α-hetero) is 1. The van der Waals surface area contributed by atoms with Gasteiger partial charge < -0.3 is 19.5 Å². The minimum Gasteiger partial charge on any atom is -0.544 e. The summed E-state index contributed by atoms with van der Waals surface area (Å²) >= 11 is 0. The van der Waals surface area contributed by atoms with Gasteiger partial charge in [0, 0.05) is 5.56 Å². The van der Waals surface area contributed by atoms with E-state index in [2.05, 4.69) is 0 Å². The molecule has 0 aliphatic carbocycles. The van der Waals surface area contributed by atoms with Crippen molar-refractivity contribution in [2.75, 3.05) is 26.3 Å². The summed E-state index contributed by atoms with van der Waals surface area (Å²) in [5.74, 6) is -1.32. The molecule has 102 valence electrons. The van der Waals surface area contributed by atoms with Gasteiger partial charge in [-0.2, -0.15) is 0 Å². The number of aliphatic carboxylic acids is 1. The van der Waals surface area contributed by atoms with E-state index in [4.69, 9.17) is 4.74 Å². The van der Waals surface area contributed by atoms with E-state index in [0.717, 1.165) is 4.90 Å². The Morgan fingerprint density at radius 1 is 1.21 bits per heavy atom. The number of hydrogen-bond acceptors (Lipinski definition) is 4. The number of rotatable bonds is 5. The standard InChI is InChI=1S/C14H17NO4/c16-13(11-4-2-1-3-5-11)10-12(14(17)18)15-6-8-19-9-7-15/h1-5,12H,6-10H2,(H,17,18)/t12-/m1/s1. The molecule has 1 N–H and O–H groups in total. The number of carbonyl (C=O) groups is 2. The van der Waals surface area contributed by atoms with E-state index in [1.807, 2.05) is 6.07 Å². The van der Waals surface area contributed by atoms with Gasteiger partial charge in [-0.1, -0.05) is 30.3 Å². The van der Waals surface area contributed by atoms with Gasteiger partial charge in [0.2, 0.25) is 0 Å². The molecule has 5 nitrogen and oxygen atoms in total. The Kier molecular flexibility index (Phi) is 4.65. The van der Waals surface area contributed by atoms with Gasteiger partial charge in [-0.25, -0.2) is 0 Å². The molecule has 0 amide bonds. The molecular weight excluding hydrogens is 246 g/mol. The highest BCUT2D eigenvalue weighted by Crippen LogP contribution is 2.04. The molecule has 1 aromatic carbocycles. The summed E-state index contributed by atoms with van der Waals surface area (Å²) in [6, 6.07) is 7.95. The lowest BCUT2D eigenvalue weighted by molar-refractivity contribution is -0.925. The highest BCUT2D eigenvalue weighted by atomic mass is 16.5. The number of quaternary nitrogens is 1. The van der Waals surface area contributed by atoms with E-state index >= 15 is 0 Å². The highest BCUT2D eigenvalue weighted by molar-refractivity contribution is 5.98. The monoisotopic (exact) mass is 263 g/mol. The summed E-state index contributed by atoms with van der Waals surface area (Å²) in [5.41, 5.74) is 0.543. The van der Waals surface area contributed by atoms with Crippen LogP contribution < -0.4 is 10.0 Å². The second-order valence-corrected chi connectivity index (χ2v) is 4.64. The van der Waals surface area contributed by atoms with Crippen molar-refractivity contribution in [1.29, 1.82) is 0 Å². The van der Waals surface area contributed by atoms with E-state index in [1.165, 1.54) is 0 Å². The van der Waals surface area contributed by atoms with Crippen molar-refractivity contribution in [3.63, 3.8) is 0 Å². The molecule has 19 heavy (non-hydrogen) atoms. The molecule has 0 unspecified atom stereocenters. The van der Waals surface area contributed by atoms with Gasteiger partial charge in [0.1, 0.15) is 19.1 Å². The Morgan fingerprint density at radius 3 is 2.42 bits per heavy atom. The second kappa shape index (κ2) is 6.45. The van der Waals surface area contributed by atoms with Crippen LogP contribution in [0.25, 0.3) is 0 Å². The van der Waals surface area contributed by atoms with Gasteiger partial charge in [-0.3, -0.25) is 4.79 Å². The van der Waals surface area contributed by atoms with Crippen molar-refractivity contribution in [2.24, 2.45) is 0 Å². The number of benzene rings is 1. The topological polar surface area (TPSA) is 70.9 Å². The van der Waals surface area contributed by atoms with Crippen molar-refractivity contribution >= 4 is 11.8 Å². The number of nitrogens with one attached hydrogen (secondary N) is 1. The summed E-state index contributed by atoms with van der Waals surface area (Å²) in [4.78, 5) is 24.2. The maximum absolute atomic E-state index is 12.1. The first-order valence-electron chi connectivity index (χ1n) is 6.40. The van der Waals surface area contributed by atoms with Crippen LogP contribution in [0.15, 0.2) is 30.3 Å². The Hall–Kier alpha value is -1.72. The molecule has 1 atom stereocenters. The first-order valence-corrected chi connectivity index (χ1v) is 6.40. The van der Waals surface area contributed by atoms with Crippen molar-refractivity contribution in [2.45, 2.75) is 12.5 Å². The van der Waals surface area contributed by atoms with Gasteiger partial charge in [0.05, 0.1) is 25.6 Å². The van der Waals surface area contributed by atoms with Gasteiger partial charge >= 0.3 is 0 Å². The number of ketones is 1. The number of hydrogen-bond donors (Lipinski definition) is 1. The maximum atomic E-state index is 12.1. The van der Waals surface area contributed by atoms with E-state index in [-0.39, 0.29) is 12.2 Å². The Labute approximate surface area is 111 Å². The summed E-state index contributed by atoms with van der Waals surface area (Å²) in [6.07, 6.45) is -0.0261. The van der Waals surface area contributed by atoms with Crippen molar-refractivity contribution in [1.82, 2.24) is 0 Å². The van der Waals surface area contributed by atoms with Gasteiger partial charge in [-0.05, 0) is 0 Å². The van der Waals surface area contributed by atoms with E-state index in [9.17, 15) is 14.7 Å². The van der Waals surface area contributed by atoms with Crippen LogP contribution >= 0.6 is 0 Å². The lowest BCUT2D eigenvalue weighted by atomic mass is 10.0. The fourth-order valence-corrected chi connectivity index (χ4v) is 2.30. The zero-order valence-electron chi connectivity index (χ0n) is 10.6. The van der Waals surface area contributed by atoms with E-state index in [1.54, 1.807) is 24.3 Å². The fraction of sp³-hybridized carbons (Fsp3) is 0.429. The molecule has 1 fully saturated rings. The molecule has 1 aliphatic rings. The van der Waals surface area contributed by atoms with Gasteiger partial charge in [0.15, 0.2) is 5.78 Å². The minimum atomic E-state index is -1.17. The minimum absolute atomic E-state index is 0.0261. The lowest BCUT2D eigenvalue weighted by Crippen LogP contribution is -3.19. The Balaban J connectivity index is 2.04. The third kappa shape index (κ3) is 3.62. The Morgan fingerprint density at radius 2 is 1.84 bits per heavy atom. The van der Waals surface area contributed by atoms with Crippen LogP contribution in [0.4, 0.5) is 0 Å². The first kappa shape index (κ1) is 13.7. The van der Waals surface area contributed by atoms with Crippen molar-refractivity contribution in [3.05, 3.63) is 35.9 Å². The first-order chi connectivity index (χ1) is 9.18. The average molecular weight is 263 g/mol. The SMILES string of the molecule is O=C(C[C@H](C(=O)[O-])[NH+]1CCOCC1)c1ccccc1. The van der Waals surface area contributed by atoms with Gasteiger partial charge in [-0.15, -0.1) is 0 Å². The molecule has 1 aliphatic heterocycles. The number of carboxylic acids is 1. The fourth-order valence-electron chi connectivity index (χ4n) is 2.30. The van der Waals surface area contributed by atoms with Gasteiger partial charge in [0.25, 0.3) is 0 Å². The molecule has 1 aromatic rings. The van der Waals surface area contributed by atoms with Crippen LogP contribution in [0.2, 0.25) is 0 Å². The number of ether oxygens (including phenoxy) is 1.